The van der Waals surface area contributed by atoms with Crippen molar-refractivity contribution in [1.82, 2.24) is 0 Å². The summed E-state index contributed by atoms with van der Waals surface area (Å²) in [6, 6.07) is 10.6. The predicted octanol–water partition coefficient (Wildman–Crippen LogP) is 6.60. The molecule has 23 heavy (non-hydrogen) atoms. The summed E-state index contributed by atoms with van der Waals surface area (Å²) >= 11 is 6.55. The summed E-state index contributed by atoms with van der Waals surface area (Å²) in [4.78, 5) is 0. The molecule has 0 saturated carbocycles. The lowest BCUT2D eigenvalue weighted by molar-refractivity contribution is 0.661. The average molecular weight is 321 g/mol. The van der Waals surface area contributed by atoms with Gasteiger partial charge in [0.05, 0.1) is 0 Å². The average Bonchev–Trinajstić information content (AvgIpc) is 3.10. The Morgan fingerprint density at radius 2 is 1.70 bits per heavy atom. The topological polar surface area (TPSA) is 13.1 Å². The van der Waals surface area contributed by atoms with Crippen LogP contribution in [0.4, 0.5) is 0 Å². The molecule has 0 amide bonds. The van der Waals surface area contributed by atoms with Crippen LogP contribution in [0, 0.1) is 13.8 Å². The van der Waals surface area contributed by atoms with E-state index in [9.17, 15) is 0 Å². The Labute approximate surface area is 140 Å². The van der Waals surface area contributed by atoms with Crippen LogP contribution in [0.3, 0.4) is 0 Å². The summed E-state index contributed by atoms with van der Waals surface area (Å²) in [5.74, 6) is 0. The SMILES string of the molecule is Cc1c(C)c2oc1c1ccc3c(c21)C(C)(C)c1cccc(Cl)c1-3. The van der Waals surface area contributed by atoms with E-state index < -0.39 is 0 Å². The van der Waals surface area contributed by atoms with Gasteiger partial charge in [0.15, 0.2) is 0 Å². The fourth-order valence-corrected chi connectivity index (χ4v) is 4.71. The van der Waals surface area contributed by atoms with E-state index in [4.69, 9.17) is 16.0 Å². The van der Waals surface area contributed by atoms with Crippen molar-refractivity contribution in [3.63, 3.8) is 0 Å². The molecule has 2 heterocycles. The quantitative estimate of drug-likeness (QED) is 0.356. The highest BCUT2D eigenvalue weighted by molar-refractivity contribution is 6.34. The minimum Gasteiger partial charge on any atom is -0.455 e. The minimum atomic E-state index is -0.0729. The van der Waals surface area contributed by atoms with Crippen LogP contribution in [0.2, 0.25) is 5.02 Å². The van der Waals surface area contributed by atoms with Gasteiger partial charge in [-0.05, 0) is 53.8 Å². The van der Waals surface area contributed by atoms with E-state index in [0.717, 1.165) is 16.2 Å². The van der Waals surface area contributed by atoms with Crippen LogP contribution in [0.25, 0.3) is 33.1 Å². The van der Waals surface area contributed by atoms with E-state index >= 15 is 0 Å². The monoisotopic (exact) mass is 320 g/mol. The minimum absolute atomic E-state index is 0.0729. The molecule has 0 N–H and O–H groups in total. The van der Waals surface area contributed by atoms with Crippen LogP contribution in [0.15, 0.2) is 34.7 Å². The van der Waals surface area contributed by atoms with Gasteiger partial charge in [0.25, 0.3) is 0 Å². The maximum absolute atomic E-state index is 6.55. The van der Waals surface area contributed by atoms with Crippen LogP contribution in [0.1, 0.15) is 36.1 Å². The van der Waals surface area contributed by atoms with Crippen molar-refractivity contribution in [2.45, 2.75) is 33.1 Å². The van der Waals surface area contributed by atoms with Crippen molar-refractivity contribution in [2.75, 3.05) is 0 Å². The molecule has 0 fully saturated rings. The van der Waals surface area contributed by atoms with Crippen LogP contribution in [-0.4, -0.2) is 0 Å². The van der Waals surface area contributed by atoms with Gasteiger partial charge in [-0.3, -0.25) is 0 Å². The van der Waals surface area contributed by atoms with Gasteiger partial charge in [0.2, 0.25) is 0 Å². The Hall–Kier alpha value is -1.99. The smallest absolute Gasteiger partial charge is 0.139 e. The standard InChI is InChI=1S/C21H17ClO/c1-10-11(2)20-17-13(19(10)23-20)9-8-12-16-14(6-5-7-15(16)22)21(3,4)18(12)17/h5-9H,1-4H3. The van der Waals surface area contributed by atoms with Crippen LogP contribution < -0.4 is 0 Å². The fraction of sp³-hybridized carbons (Fsp3) is 0.238. The predicted molar refractivity (Wildman–Crippen MR) is 97.0 cm³/mol. The molecule has 0 unspecified atom stereocenters. The lowest BCUT2D eigenvalue weighted by Gasteiger charge is -2.22. The summed E-state index contributed by atoms with van der Waals surface area (Å²) in [5.41, 5.74) is 9.63. The van der Waals surface area contributed by atoms with Crippen molar-refractivity contribution >= 4 is 33.5 Å². The van der Waals surface area contributed by atoms with Crippen molar-refractivity contribution in [3.8, 4) is 11.1 Å². The summed E-state index contributed by atoms with van der Waals surface area (Å²) in [6.07, 6.45) is 0. The number of aryl methyl sites for hydroxylation is 2. The van der Waals surface area contributed by atoms with Gasteiger partial charge in [-0.2, -0.15) is 0 Å². The van der Waals surface area contributed by atoms with E-state index in [1.165, 1.54) is 44.2 Å². The van der Waals surface area contributed by atoms with Crippen LogP contribution in [-0.2, 0) is 5.41 Å². The second-order valence-electron chi connectivity index (χ2n) is 7.21. The zero-order chi connectivity index (χ0) is 16.1. The number of fused-ring (bicyclic) bond motifs is 9. The van der Waals surface area contributed by atoms with E-state index in [1.807, 2.05) is 6.07 Å². The number of hydrogen-bond donors (Lipinski definition) is 0. The highest BCUT2D eigenvalue weighted by Crippen LogP contribution is 2.55. The number of furan rings is 2. The van der Waals surface area contributed by atoms with Crippen LogP contribution in [0.5, 0.6) is 0 Å². The third-order valence-electron chi connectivity index (χ3n) is 5.71. The molecule has 4 aromatic rings. The Balaban J connectivity index is 2.03. The summed E-state index contributed by atoms with van der Waals surface area (Å²) in [5, 5.41) is 3.34. The summed E-state index contributed by atoms with van der Waals surface area (Å²) < 4.78 is 6.14. The van der Waals surface area contributed by atoms with Gasteiger partial charge in [0, 0.05) is 26.8 Å². The molecule has 2 heteroatoms. The van der Waals surface area contributed by atoms with Gasteiger partial charge in [-0.25, -0.2) is 0 Å². The third kappa shape index (κ3) is 1.36. The lowest BCUT2D eigenvalue weighted by atomic mass is 9.80. The fourth-order valence-electron chi connectivity index (χ4n) is 4.43. The summed E-state index contributed by atoms with van der Waals surface area (Å²) in [7, 11) is 0. The highest BCUT2D eigenvalue weighted by atomic mass is 35.5. The second kappa shape index (κ2) is 3.91. The second-order valence-corrected chi connectivity index (χ2v) is 7.62. The molecule has 2 bridgehead atoms. The highest BCUT2D eigenvalue weighted by Gasteiger charge is 2.39. The molecule has 0 aliphatic heterocycles. The Morgan fingerprint density at radius 3 is 2.48 bits per heavy atom. The van der Waals surface area contributed by atoms with E-state index in [1.54, 1.807) is 0 Å². The zero-order valence-corrected chi connectivity index (χ0v) is 14.4. The number of benzene rings is 3. The van der Waals surface area contributed by atoms with Gasteiger partial charge in [-0.1, -0.05) is 43.6 Å². The van der Waals surface area contributed by atoms with Gasteiger partial charge >= 0.3 is 0 Å². The third-order valence-corrected chi connectivity index (χ3v) is 6.02. The molecule has 0 saturated heterocycles. The molecule has 1 aliphatic rings. The molecular formula is C21H17ClO. The summed E-state index contributed by atoms with van der Waals surface area (Å²) in [6.45, 7) is 8.88. The number of halogens is 1. The van der Waals surface area contributed by atoms with Gasteiger partial charge < -0.3 is 4.42 Å². The first-order valence-corrected chi connectivity index (χ1v) is 8.38. The van der Waals surface area contributed by atoms with Crippen molar-refractivity contribution in [3.05, 3.63) is 57.6 Å². The molecule has 1 nitrogen and oxygen atoms in total. The zero-order valence-electron chi connectivity index (χ0n) is 13.7. The molecule has 1 aliphatic carbocycles. The van der Waals surface area contributed by atoms with E-state index in [2.05, 4.69) is 52.0 Å². The first-order chi connectivity index (χ1) is 10.9. The normalized spacial score (nSPS) is 15.5. The van der Waals surface area contributed by atoms with Crippen molar-refractivity contribution in [1.29, 1.82) is 0 Å². The molecule has 5 rings (SSSR count). The Bertz CT molecular complexity index is 1110. The number of hydrogen-bond acceptors (Lipinski definition) is 1. The lowest BCUT2D eigenvalue weighted by Crippen LogP contribution is -2.15. The van der Waals surface area contributed by atoms with Gasteiger partial charge in [0.1, 0.15) is 11.2 Å². The number of rotatable bonds is 0. The maximum atomic E-state index is 6.55. The first kappa shape index (κ1) is 13.4. The maximum Gasteiger partial charge on any atom is 0.139 e. The van der Waals surface area contributed by atoms with E-state index in [0.29, 0.717) is 0 Å². The molecular weight excluding hydrogens is 304 g/mol. The van der Waals surface area contributed by atoms with Crippen molar-refractivity contribution in [2.24, 2.45) is 0 Å². The first-order valence-electron chi connectivity index (χ1n) is 8.00. The molecule has 114 valence electrons. The Kier molecular flexibility index (Phi) is 2.29. The molecule has 2 aromatic heterocycles. The molecule has 0 spiro atoms. The van der Waals surface area contributed by atoms with Crippen LogP contribution >= 0.6 is 11.6 Å². The molecule has 2 aromatic carbocycles. The Morgan fingerprint density at radius 1 is 0.957 bits per heavy atom. The largest absolute Gasteiger partial charge is 0.455 e. The molecule has 0 radical (unpaired) electrons. The van der Waals surface area contributed by atoms with Gasteiger partial charge in [-0.15, -0.1) is 0 Å². The molecule has 0 atom stereocenters. The van der Waals surface area contributed by atoms with Crippen molar-refractivity contribution < 1.29 is 4.42 Å². The van der Waals surface area contributed by atoms with E-state index in [-0.39, 0.29) is 5.41 Å².